The molecule has 1 aliphatic carbocycles. The van der Waals surface area contributed by atoms with Gasteiger partial charge in [0.15, 0.2) is 0 Å². The molecule has 8 heteroatoms. The van der Waals surface area contributed by atoms with Gasteiger partial charge in [-0.1, -0.05) is 12.1 Å². The van der Waals surface area contributed by atoms with Gasteiger partial charge in [0.1, 0.15) is 0 Å². The molecule has 3 rings (SSSR count). The van der Waals surface area contributed by atoms with Crippen molar-refractivity contribution in [3.8, 4) is 5.88 Å². The minimum atomic E-state index is -3.86. The number of primary sulfonamides is 1. The first-order chi connectivity index (χ1) is 12.3. The van der Waals surface area contributed by atoms with Crippen molar-refractivity contribution < 1.29 is 17.9 Å². The molecule has 138 valence electrons. The first kappa shape index (κ1) is 18.3. The number of carbonyl (C=O) groups excluding carboxylic acids is 1. The van der Waals surface area contributed by atoms with Crippen LogP contribution in [0.15, 0.2) is 41.4 Å². The molecule has 0 spiro atoms. The smallest absolute Gasteiger partial charge is 0.251 e. The number of nitrogens with zero attached hydrogens (tertiary/aromatic N) is 1. The third-order valence-corrected chi connectivity index (χ3v) is 5.11. The van der Waals surface area contributed by atoms with Crippen LogP contribution in [0, 0.1) is 12.8 Å². The zero-order valence-electron chi connectivity index (χ0n) is 14.4. The maximum Gasteiger partial charge on any atom is 0.251 e. The fourth-order valence-electron chi connectivity index (χ4n) is 2.39. The number of carbonyl (C=O) groups is 1. The summed E-state index contributed by atoms with van der Waals surface area (Å²) < 4.78 is 28.5. The third kappa shape index (κ3) is 4.80. The Labute approximate surface area is 152 Å². The number of pyridine rings is 1. The number of sulfonamides is 1. The van der Waals surface area contributed by atoms with E-state index in [0.717, 1.165) is 5.56 Å². The normalized spacial score (nSPS) is 14.1. The molecule has 3 N–H and O–H groups in total. The standard InChI is InChI=1S/C18H21N3O4S/c1-12-2-6-15(26(19,23)24)8-16(12)18(22)21-10-14-5-7-17(20-9-14)25-11-13-3-4-13/h2,5-9,13H,3-4,10-11H2,1H3,(H,21,22)(H2,19,23,24). The van der Waals surface area contributed by atoms with E-state index >= 15 is 0 Å². The molecule has 1 aromatic carbocycles. The van der Waals surface area contributed by atoms with Gasteiger partial charge in [-0.05, 0) is 48.9 Å². The fraction of sp³-hybridized carbons (Fsp3) is 0.333. The lowest BCUT2D eigenvalue weighted by atomic mass is 10.1. The van der Waals surface area contributed by atoms with Crippen LogP contribution in [0.3, 0.4) is 0 Å². The Hall–Kier alpha value is -2.45. The van der Waals surface area contributed by atoms with E-state index < -0.39 is 10.0 Å². The number of rotatable bonds is 7. The molecule has 0 atom stereocenters. The highest BCUT2D eigenvalue weighted by Gasteiger charge is 2.22. The zero-order valence-corrected chi connectivity index (χ0v) is 15.3. The van der Waals surface area contributed by atoms with E-state index in [-0.39, 0.29) is 22.9 Å². The summed E-state index contributed by atoms with van der Waals surface area (Å²) in [5.41, 5.74) is 1.75. The predicted molar refractivity (Wildman–Crippen MR) is 96.2 cm³/mol. The molecule has 1 amide bonds. The first-order valence-electron chi connectivity index (χ1n) is 8.32. The van der Waals surface area contributed by atoms with Crippen LogP contribution in [0.4, 0.5) is 0 Å². The maximum absolute atomic E-state index is 12.4. The molecule has 1 aliphatic rings. The zero-order chi connectivity index (χ0) is 18.7. The van der Waals surface area contributed by atoms with Crippen molar-refractivity contribution in [3.63, 3.8) is 0 Å². The van der Waals surface area contributed by atoms with Crippen molar-refractivity contribution >= 4 is 15.9 Å². The topological polar surface area (TPSA) is 111 Å². The molecule has 26 heavy (non-hydrogen) atoms. The van der Waals surface area contributed by atoms with E-state index in [4.69, 9.17) is 9.88 Å². The quantitative estimate of drug-likeness (QED) is 0.766. The summed E-state index contributed by atoms with van der Waals surface area (Å²) in [6.45, 7) is 2.70. The number of ether oxygens (including phenoxy) is 1. The molecule has 7 nitrogen and oxygen atoms in total. The lowest BCUT2D eigenvalue weighted by Gasteiger charge is -2.10. The number of hydrogen-bond acceptors (Lipinski definition) is 5. The van der Waals surface area contributed by atoms with Crippen LogP contribution in [-0.4, -0.2) is 25.9 Å². The lowest BCUT2D eigenvalue weighted by molar-refractivity contribution is 0.0950. The molecular formula is C18H21N3O4S. The average molecular weight is 375 g/mol. The summed E-state index contributed by atoms with van der Waals surface area (Å²) in [6.07, 6.45) is 4.09. The van der Waals surface area contributed by atoms with E-state index in [1.54, 1.807) is 25.3 Å². The van der Waals surface area contributed by atoms with Gasteiger partial charge < -0.3 is 10.1 Å². The highest BCUT2D eigenvalue weighted by atomic mass is 32.2. The van der Waals surface area contributed by atoms with Gasteiger partial charge in [-0.25, -0.2) is 18.5 Å². The van der Waals surface area contributed by atoms with Crippen LogP contribution >= 0.6 is 0 Å². The molecule has 1 heterocycles. The second kappa shape index (κ2) is 7.43. The van der Waals surface area contributed by atoms with E-state index in [1.807, 2.05) is 6.07 Å². The molecule has 0 radical (unpaired) electrons. The molecule has 1 fully saturated rings. The van der Waals surface area contributed by atoms with Crippen LogP contribution in [0.5, 0.6) is 5.88 Å². The molecule has 0 unspecified atom stereocenters. The summed E-state index contributed by atoms with van der Waals surface area (Å²) in [5, 5.41) is 7.88. The molecule has 0 bridgehead atoms. The third-order valence-electron chi connectivity index (χ3n) is 4.20. The predicted octanol–water partition coefficient (Wildman–Crippen LogP) is 1.76. The molecule has 0 saturated heterocycles. The highest BCUT2D eigenvalue weighted by Crippen LogP contribution is 2.29. The van der Waals surface area contributed by atoms with Crippen molar-refractivity contribution in [3.05, 3.63) is 53.2 Å². The largest absolute Gasteiger partial charge is 0.477 e. The van der Waals surface area contributed by atoms with Crippen LogP contribution in [0.1, 0.15) is 34.3 Å². The number of aryl methyl sites for hydroxylation is 1. The number of nitrogens with two attached hydrogens (primary N) is 1. The Morgan fingerprint density at radius 3 is 2.69 bits per heavy atom. The molecule has 0 aliphatic heterocycles. The fourth-order valence-corrected chi connectivity index (χ4v) is 2.93. The number of benzene rings is 1. The van der Waals surface area contributed by atoms with Gasteiger partial charge in [0.2, 0.25) is 15.9 Å². The Morgan fingerprint density at radius 2 is 2.08 bits per heavy atom. The maximum atomic E-state index is 12.4. The number of hydrogen-bond donors (Lipinski definition) is 2. The SMILES string of the molecule is Cc1ccc(S(N)(=O)=O)cc1C(=O)NCc1ccc(OCC2CC2)nc1. The average Bonchev–Trinajstić information content (AvgIpc) is 3.42. The number of amides is 1. The number of nitrogens with one attached hydrogen (secondary N) is 1. The molecule has 1 saturated carbocycles. The van der Waals surface area contributed by atoms with Gasteiger partial charge in [0.05, 0.1) is 11.5 Å². The highest BCUT2D eigenvalue weighted by molar-refractivity contribution is 7.89. The van der Waals surface area contributed by atoms with Crippen LogP contribution in [-0.2, 0) is 16.6 Å². The monoisotopic (exact) mass is 375 g/mol. The van der Waals surface area contributed by atoms with Crippen molar-refractivity contribution in [1.82, 2.24) is 10.3 Å². The van der Waals surface area contributed by atoms with E-state index in [9.17, 15) is 13.2 Å². The Morgan fingerprint density at radius 1 is 1.31 bits per heavy atom. The van der Waals surface area contributed by atoms with Gasteiger partial charge in [-0.2, -0.15) is 0 Å². The summed E-state index contributed by atoms with van der Waals surface area (Å²) in [5.74, 6) is 0.859. The Bertz CT molecular complexity index is 907. The van der Waals surface area contributed by atoms with E-state index in [2.05, 4.69) is 10.3 Å². The van der Waals surface area contributed by atoms with Gasteiger partial charge in [0.25, 0.3) is 5.91 Å². The minimum Gasteiger partial charge on any atom is -0.477 e. The summed E-state index contributed by atoms with van der Waals surface area (Å²) in [4.78, 5) is 16.5. The van der Waals surface area contributed by atoms with E-state index in [1.165, 1.54) is 25.0 Å². The van der Waals surface area contributed by atoms with Gasteiger partial charge in [0, 0.05) is 24.4 Å². The summed E-state index contributed by atoms with van der Waals surface area (Å²) >= 11 is 0. The Kier molecular flexibility index (Phi) is 5.24. The van der Waals surface area contributed by atoms with Gasteiger partial charge >= 0.3 is 0 Å². The van der Waals surface area contributed by atoms with Crippen molar-refractivity contribution in [2.45, 2.75) is 31.2 Å². The Balaban J connectivity index is 1.61. The molecular weight excluding hydrogens is 354 g/mol. The van der Waals surface area contributed by atoms with Crippen LogP contribution < -0.4 is 15.2 Å². The molecule has 1 aromatic heterocycles. The van der Waals surface area contributed by atoms with Gasteiger partial charge in [-0.3, -0.25) is 4.79 Å². The van der Waals surface area contributed by atoms with Crippen molar-refractivity contribution in [1.29, 1.82) is 0 Å². The lowest BCUT2D eigenvalue weighted by Crippen LogP contribution is -2.24. The summed E-state index contributed by atoms with van der Waals surface area (Å²) in [7, 11) is -3.86. The number of aromatic nitrogens is 1. The van der Waals surface area contributed by atoms with Crippen molar-refractivity contribution in [2.24, 2.45) is 11.1 Å². The van der Waals surface area contributed by atoms with E-state index in [0.29, 0.717) is 24.0 Å². The van der Waals surface area contributed by atoms with Crippen molar-refractivity contribution in [2.75, 3.05) is 6.61 Å². The van der Waals surface area contributed by atoms with Crippen LogP contribution in [0.2, 0.25) is 0 Å². The molecule has 2 aromatic rings. The van der Waals surface area contributed by atoms with Gasteiger partial charge in [-0.15, -0.1) is 0 Å². The summed E-state index contributed by atoms with van der Waals surface area (Å²) in [6, 6.07) is 7.83. The second-order valence-electron chi connectivity index (χ2n) is 6.46. The second-order valence-corrected chi connectivity index (χ2v) is 8.02. The van der Waals surface area contributed by atoms with Crippen LogP contribution in [0.25, 0.3) is 0 Å². The first-order valence-corrected chi connectivity index (χ1v) is 9.87. The minimum absolute atomic E-state index is 0.0907.